The number of thiophene rings is 1. The van der Waals surface area contributed by atoms with E-state index in [0.717, 1.165) is 24.2 Å². The van der Waals surface area contributed by atoms with Crippen LogP contribution in [0.4, 0.5) is 11.4 Å². The topological polar surface area (TPSA) is 95.6 Å². The van der Waals surface area contributed by atoms with E-state index in [1.165, 1.54) is 4.31 Å². The number of rotatable bonds is 6. The second-order valence-corrected chi connectivity index (χ2v) is 10.1. The largest absolute Gasteiger partial charge is 0.326 e. The van der Waals surface area contributed by atoms with Crippen molar-refractivity contribution < 1.29 is 18.0 Å². The zero-order chi connectivity index (χ0) is 19.7. The maximum atomic E-state index is 12.8. The molecule has 2 aliphatic rings. The van der Waals surface area contributed by atoms with E-state index in [4.69, 9.17) is 0 Å². The number of carbonyl (C=O) groups excluding carboxylic acids is 2. The molecule has 2 amide bonds. The third-order valence-corrected chi connectivity index (χ3v) is 8.21. The van der Waals surface area contributed by atoms with Gasteiger partial charge < -0.3 is 10.6 Å². The zero-order valence-corrected chi connectivity index (χ0v) is 16.8. The van der Waals surface area contributed by atoms with E-state index in [1.807, 2.05) is 0 Å². The van der Waals surface area contributed by atoms with Crippen LogP contribution in [-0.4, -0.2) is 37.1 Å². The molecule has 1 aliphatic carbocycles. The molecule has 1 aliphatic heterocycles. The van der Waals surface area contributed by atoms with Crippen molar-refractivity contribution in [1.29, 1.82) is 0 Å². The molecule has 0 spiro atoms. The summed E-state index contributed by atoms with van der Waals surface area (Å²) >= 11 is 1.15. The second-order valence-electron chi connectivity index (χ2n) is 7.04. The minimum atomic E-state index is -3.66. The number of carbonyl (C=O) groups is 2. The molecule has 2 heterocycles. The van der Waals surface area contributed by atoms with Crippen LogP contribution in [0.15, 0.2) is 46.0 Å². The minimum Gasteiger partial charge on any atom is -0.326 e. The molecule has 4 rings (SSSR count). The van der Waals surface area contributed by atoms with Gasteiger partial charge in [-0.15, -0.1) is 11.3 Å². The Morgan fingerprint density at radius 1 is 0.964 bits per heavy atom. The number of nitrogens with zero attached hydrogens (tertiary/aromatic N) is 1. The van der Waals surface area contributed by atoms with Crippen LogP contribution in [0.3, 0.4) is 0 Å². The van der Waals surface area contributed by atoms with Gasteiger partial charge in [0.05, 0.1) is 0 Å². The highest BCUT2D eigenvalue weighted by atomic mass is 32.2. The van der Waals surface area contributed by atoms with E-state index < -0.39 is 16.1 Å². The van der Waals surface area contributed by atoms with Gasteiger partial charge in [-0.3, -0.25) is 9.59 Å². The Kier molecular flexibility index (Phi) is 5.22. The van der Waals surface area contributed by atoms with Crippen molar-refractivity contribution >= 4 is 44.5 Å². The summed E-state index contributed by atoms with van der Waals surface area (Å²) in [6.07, 6.45) is 3.01. The highest BCUT2D eigenvalue weighted by Gasteiger charge is 2.39. The number of amides is 2. The van der Waals surface area contributed by atoms with Crippen molar-refractivity contribution in [3.05, 3.63) is 41.8 Å². The molecular formula is C19H21N3O4S2. The molecule has 2 fully saturated rings. The number of hydrogen-bond donors (Lipinski definition) is 2. The Labute approximate surface area is 167 Å². The van der Waals surface area contributed by atoms with E-state index in [1.54, 1.807) is 41.8 Å². The Morgan fingerprint density at radius 3 is 2.18 bits per heavy atom. The maximum Gasteiger partial charge on any atom is 0.253 e. The van der Waals surface area contributed by atoms with Crippen LogP contribution in [0.5, 0.6) is 0 Å². The van der Waals surface area contributed by atoms with Crippen LogP contribution in [0.1, 0.15) is 25.7 Å². The highest BCUT2D eigenvalue weighted by molar-refractivity contribution is 7.91. The minimum absolute atomic E-state index is 0.0252. The lowest BCUT2D eigenvalue weighted by Gasteiger charge is -2.22. The van der Waals surface area contributed by atoms with Crippen molar-refractivity contribution in [2.75, 3.05) is 17.2 Å². The van der Waals surface area contributed by atoms with Crippen LogP contribution in [0, 0.1) is 5.92 Å². The molecule has 1 saturated carbocycles. The van der Waals surface area contributed by atoms with Crippen molar-refractivity contribution in [2.45, 2.75) is 35.9 Å². The first-order valence-electron chi connectivity index (χ1n) is 9.22. The van der Waals surface area contributed by atoms with Gasteiger partial charge in [0.15, 0.2) is 0 Å². The fourth-order valence-electron chi connectivity index (χ4n) is 3.27. The van der Waals surface area contributed by atoms with Crippen LogP contribution < -0.4 is 10.6 Å². The quantitative estimate of drug-likeness (QED) is 0.753. The fourth-order valence-corrected chi connectivity index (χ4v) is 6.04. The monoisotopic (exact) mass is 419 g/mol. The number of anilines is 2. The molecule has 0 bridgehead atoms. The Morgan fingerprint density at radius 2 is 1.61 bits per heavy atom. The second kappa shape index (κ2) is 7.65. The molecule has 2 aromatic rings. The first-order chi connectivity index (χ1) is 13.4. The molecule has 28 heavy (non-hydrogen) atoms. The summed E-state index contributed by atoms with van der Waals surface area (Å²) in [5.74, 6) is -0.192. The Balaban J connectivity index is 1.42. The fraction of sp³-hybridized carbons (Fsp3) is 0.368. The van der Waals surface area contributed by atoms with Gasteiger partial charge in [-0.1, -0.05) is 6.07 Å². The first kappa shape index (κ1) is 19.1. The molecular weight excluding hydrogens is 398 g/mol. The highest BCUT2D eigenvalue weighted by Crippen LogP contribution is 2.31. The van der Waals surface area contributed by atoms with Gasteiger partial charge in [0.25, 0.3) is 10.0 Å². The van der Waals surface area contributed by atoms with E-state index in [9.17, 15) is 18.0 Å². The lowest BCUT2D eigenvalue weighted by atomic mass is 10.2. The standard InChI is InChI=1S/C19H21N3O4S2/c23-18(13-5-6-13)20-14-7-9-15(10-8-14)21-19(24)16-3-1-11-22(16)28(25,26)17-4-2-12-27-17/h2,4,7-10,12-13,16H,1,3,5-6,11H2,(H,20,23)(H,21,24). The van der Waals surface area contributed by atoms with Crippen molar-refractivity contribution in [1.82, 2.24) is 4.31 Å². The molecule has 1 aromatic heterocycles. The summed E-state index contributed by atoms with van der Waals surface area (Å²) in [5, 5.41) is 7.35. The van der Waals surface area contributed by atoms with Gasteiger partial charge in [0, 0.05) is 23.8 Å². The van der Waals surface area contributed by atoms with E-state index in [2.05, 4.69) is 10.6 Å². The average molecular weight is 420 g/mol. The number of nitrogens with one attached hydrogen (secondary N) is 2. The lowest BCUT2D eigenvalue weighted by molar-refractivity contribution is -0.119. The van der Waals surface area contributed by atoms with Crippen LogP contribution >= 0.6 is 11.3 Å². The summed E-state index contributed by atoms with van der Waals surface area (Å²) < 4.78 is 27.1. The Bertz CT molecular complexity index is 967. The third-order valence-electron chi connectivity index (χ3n) is 4.93. The third kappa shape index (κ3) is 3.96. The molecule has 9 heteroatoms. The van der Waals surface area contributed by atoms with Gasteiger partial charge >= 0.3 is 0 Å². The van der Waals surface area contributed by atoms with Crippen LogP contribution in [0.25, 0.3) is 0 Å². The van der Waals surface area contributed by atoms with Gasteiger partial charge in [0.2, 0.25) is 11.8 Å². The molecule has 0 radical (unpaired) electrons. The number of sulfonamides is 1. The lowest BCUT2D eigenvalue weighted by Crippen LogP contribution is -2.42. The summed E-state index contributed by atoms with van der Waals surface area (Å²) in [6, 6.07) is 9.38. The summed E-state index contributed by atoms with van der Waals surface area (Å²) in [6.45, 7) is 0.338. The summed E-state index contributed by atoms with van der Waals surface area (Å²) in [5.41, 5.74) is 1.24. The van der Waals surface area contributed by atoms with Crippen molar-refractivity contribution in [2.24, 2.45) is 5.92 Å². The van der Waals surface area contributed by atoms with Gasteiger partial charge in [-0.25, -0.2) is 8.42 Å². The van der Waals surface area contributed by atoms with Gasteiger partial charge in [-0.2, -0.15) is 4.31 Å². The molecule has 148 valence electrons. The van der Waals surface area contributed by atoms with Gasteiger partial charge in [0.1, 0.15) is 10.3 Å². The average Bonchev–Trinajstić information content (AvgIpc) is 3.17. The Hall–Kier alpha value is -2.23. The summed E-state index contributed by atoms with van der Waals surface area (Å²) in [7, 11) is -3.66. The number of hydrogen-bond acceptors (Lipinski definition) is 5. The van der Waals surface area contributed by atoms with Crippen LogP contribution in [0.2, 0.25) is 0 Å². The smallest absolute Gasteiger partial charge is 0.253 e. The van der Waals surface area contributed by atoms with E-state index in [-0.39, 0.29) is 21.9 Å². The predicted octanol–water partition coefficient (Wildman–Crippen LogP) is 2.89. The molecule has 1 unspecified atom stereocenters. The molecule has 2 N–H and O–H groups in total. The van der Waals surface area contributed by atoms with E-state index in [0.29, 0.717) is 30.8 Å². The molecule has 1 atom stereocenters. The normalized spacial score (nSPS) is 20.1. The van der Waals surface area contributed by atoms with Crippen molar-refractivity contribution in [3.63, 3.8) is 0 Å². The molecule has 1 saturated heterocycles. The maximum absolute atomic E-state index is 12.8. The molecule has 7 nitrogen and oxygen atoms in total. The predicted molar refractivity (Wildman–Crippen MR) is 108 cm³/mol. The van der Waals surface area contributed by atoms with Crippen LogP contribution in [-0.2, 0) is 19.6 Å². The van der Waals surface area contributed by atoms with E-state index >= 15 is 0 Å². The summed E-state index contributed by atoms with van der Waals surface area (Å²) in [4.78, 5) is 24.5. The molecule has 1 aromatic carbocycles. The van der Waals surface area contributed by atoms with Crippen molar-refractivity contribution in [3.8, 4) is 0 Å². The zero-order valence-electron chi connectivity index (χ0n) is 15.1. The van der Waals surface area contributed by atoms with Gasteiger partial charge in [-0.05, 0) is 61.4 Å². The first-order valence-corrected chi connectivity index (χ1v) is 11.5. The number of benzene rings is 1. The SMILES string of the molecule is O=C(Nc1ccc(NC(=O)C2CCCN2S(=O)(=O)c2cccs2)cc1)C1CC1.